The Morgan fingerprint density at radius 3 is 2.42 bits per heavy atom. The van der Waals surface area contributed by atoms with Gasteiger partial charge in [0.1, 0.15) is 6.54 Å². The lowest BCUT2D eigenvalue weighted by Crippen LogP contribution is -2.51. The summed E-state index contributed by atoms with van der Waals surface area (Å²) < 4.78 is 2.01. The highest BCUT2D eigenvalue weighted by Gasteiger charge is 2.24. The number of aromatic nitrogens is 1. The van der Waals surface area contributed by atoms with Crippen LogP contribution in [0.2, 0.25) is 0 Å². The lowest BCUT2D eigenvalue weighted by molar-refractivity contribution is -0.133. The molecule has 0 saturated heterocycles. The molecule has 1 aromatic heterocycles. The van der Waals surface area contributed by atoms with E-state index in [9.17, 15) is 9.59 Å². The van der Waals surface area contributed by atoms with Crippen molar-refractivity contribution in [1.29, 1.82) is 0 Å². The van der Waals surface area contributed by atoms with Crippen LogP contribution < -0.4 is 5.32 Å². The van der Waals surface area contributed by atoms with Crippen LogP contribution in [0.4, 0.5) is 4.79 Å². The maximum Gasteiger partial charge on any atom is 0.318 e. The standard InChI is InChI=1S/C20H34N4O2/c1-8-11-23(19(26)21-20(4,5)6)15-18(25)24(13-16(2)3)14-17-10-9-12-22(17)7/h8-10,12,16H,1,11,13-15H2,2-7H3,(H,21,26). The first kappa shape index (κ1) is 21.8. The molecular weight excluding hydrogens is 328 g/mol. The second-order valence-corrected chi connectivity index (χ2v) is 8.13. The van der Waals surface area contributed by atoms with Crippen LogP contribution >= 0.6 is 0 Å². The molecule has 0 saturated carbocycles. The van der Waals surface area contributed by atoms with E-state index in [1.54, 1.807) is 6.08 Å². The minimum Gasteiger partial charge on any atom is -0.353 e. The van der Waals surface area contributed by atoms with E-state index in [2.05, 4.69) is 25.7 Å². The fourth-order valence-corrected chi connectivity index (χ4v) is 2.59. The summed E-state index contributed by atoms with van der Waals surface area (Å²) >= 11 is 0. The number of nitrogens with one attached hydrogen (secondary N) is 1. The Balaban J connectivity index is 2.88. The van der Waals surface area contributed by atoms with Crippen molar-refractivity contribution in [2.75, 3.05) is 19.6 Å². The second-order valence-electron chi connectivity index (χ2n) is 8.13. The summed E-state index contributed by atoms with van der Waals surface area (Å²) in [5.74, 6) is 0.279. The molecule has 0 radical (unpaired) electrons. The van der Waals surface area contributed by atoms with Crippen molar-refractivity contribution >= 4 is 11.9 Å². The zero-order valence-electron chi connectivity index (χ0n) is 17.1. The van der Waals surface area contributed by atoms with Crippen LogP contribution in [0.5, 0.6) is 0 Å². The van der Waals surface area contributed by atoms with Crippen molar-refractivity contribution in [3.63, 3.8) is 0 Å². The van der Waals surface area contributed by atoms with E-state index < -0.39 is 0 Å². The summed E-state index contributed by atoms with van der Waals surface area (Å²) in [6, 6.07) is 3.72. The van der Waals surface area contributed by atoms with Crippen LogP contribution in [0, 0.1) is 5.92 Å². The molecular formula is C20H34N4O2. The van der Waals surface area contributed by atoms with Gasteiger partial charge in [-0.2, -0.15) is 0 Å². The van der Waals surface area contributed by atoms with E-state index >= 15 is 0 Å². The Kier molecular flexibility index (Phi) is 7.93. The fraction of sp³-hybridized carbons (Fsp3) is 0.600. The first-order valence-electron chi connectivity index (χ1n) is 9.09. The van der Waals surface area contributed by atoms with Gasteiger partial charge in [0.2, 0.25) is 5.91 Å². The molecule has 0 fully saturated rings. The van der Waals surface area contributed by atoms with E-state index in [1.165, 1.54) is 4.90 Å². The molecule has 146 valence electrons. The number of hydrogen-bond acceptors (Lipinski definition) is 2. The van der Waals surface area contributed by atoms with E-state index in [1.807, 2.05) is 55.6 Å². The maximum atomic E-state index is 12.9. The largest absolute Gasteiger partial charge is 0.353 e. The molecule has 0 bridgehead atoms. The molecule has 1 heterocycles. The minimum atomic E-state index is -0.361. The number of hydrogen-bond donors (Lipinski definition) is 1. The minimum absolute atomic E-state index is 0.0328. The first-order chi connectivity index (χ1) is 12.0. The van der Waals surface area contributed by atoms with Crippen molar-refractivity contribution in [1.82, 2.24) is 19.7 Å². The molecule has 6 nitrogen and oxygen atoms in total. The van der Waals surface area contributed by atoms with Gasteiger partial charge in [-0.25, -0.2) is 4.79 Å². The van der Waals surface area contributed by atoms with Crippen LogP contribution in [0.1, 0.15) is 40.3 Å². The zero-order chi connectivity index (χ0) is 19.9. The first-order valence-corrected chi connectivity index (χ1v) is 9.09. The molecule has 1 rings (SSSR count). The summed E-state index contributed by atoms with van der Waals surface area (Å²) in [4.78, 5) is 28.7. The summed E-state index contributed by atoms with van der Waals surface area (Å²) in [5, 5.41) is 2.91. The van der Waals surface area contributed by atoms with Gasteiger partial charge in [-0.05, 0) is 38.8 Å². The molecule has 26 heavy (non-hydrogen) atoms. The highest BCUT2D eigenvalue weighted by atomic mass is 16.2. The third kappa shape index (κ3) is 7.33. The van der Waals surface area contributed by atoms with Gasteiger partial charge in [0, 0.05) is 37.6 Å². The molecule has 3 amide bonds. The lowest BCUT2D eigenvalue weighted by Gasteiger charge is -2.30. The molecule has 0 spiro atoms. The summed E-state index contributed by atoms with van der Waals surface area (Å²) in [6.07, 6.45) is 3.60. The second kappa shape index (κ2) is 9.46. The van der Waals surface area contributed by atoms with E-state index in [0.29, 0.717) is 25.6 Å². The normalized spacial score (nSPS) is 11.3. The van der Waals surface area contributed by atoms with E-state index in [0.717, 1.165) is 5.69 Å². The topological polar surface area (TPSA) is 57.6 Å². The summed E-state index contributed by atoms with van der Waals surface area (Å²) in [5.41, 5.74) is 0.702. The summed E-state index contributed by atoms with van der Waals surface area (Å²) in [7, 11) is 1.97. The zero-order valence-corrected chi connectivity index (χ0v) is 17.1. The Morgan fingerprint density at radius 2 is 1.96 bits per heavy atom. The molecule has 0 aliphatic heterocycles. The van der Waals surface area contributed by atoms with Crippen molar-refractivity contribution in [3.8, 4) is 0 Å². The molecule has 1 aromatic rings. The SMILES string of the molecule is C=CCN(CC(=O)N(Cc1cccn1C)CC(C)C)C(=O)NC(C)(C)C. The van der Waals surface area contributed by atoms with Crippen LogP contribution in [0.3, 0.4) is 0 Å². The van der Waals surface area contributed by atoms with Crippen molar-refractivity contribution in [3.05, 3.63) is 36.7 Å². The molecule has 0 aliphatic rings. The average molecular weight is 363 g/mol. The molecule has 0 unspecified atom stereocenters. The highest BCUT2D eigenvalue weighted by Crippen LogP contribution is 2.10. The number of urea groups is 1. The predicted octanol–water partition coefficient (Wildman–Crippen LogP) is 3.01. The number of amides is 3. The van der Waals surface area contributed by atoms with Gasteiger partial charge in [-0.1, -0.05) is 19.9 Å². The smallest absolute Gasteiger partial charge is 0.318 e. The Labute approximate surface area is 157 Å². The van der Waals surface area contributed by atoms with Gasteiger partial charge in [-0.3, -0.25) is 4.79 Å². The van der Waals surface area contributed by atoms with Crippen molar-refractivity contribution in [2.45, 2.75) is 46.7 Å². The average Bonchev–Trinajstić information content (AvgIpc) is 2.89. The van der Waals surface area contributed by atoms with Gasteiger partial charge >= 0.3 is 6.03 Å². The maximum absolute atomic E-state index is 12.9. The van der Waals surface area contributed by atoms with Gasteiger partial charge in [0.05, 0.1) is 6.54 Å². The lowest BCUT2D eigenvalue weighted by atomic mass is 10.1. The van der Waals surface area contributed by atoms with Gasteiger partial charge in [0.25, 0.3) is 0 Å². The highest BCUT2D eigenvalue weighted by molar-refractivity contribution is 5.84. The van der Waals surface area contributed by atoms with Crippen molar-refractivity contribution < 1.29 is 9.59 Å². The molecule has 6 heteroatoms. The Bertz CT molecular complexity index is 614. The molecule has 1 N–H and O–H groups in total. The van der Waals surface area contributed by atoms with Gasteiger partial charge < -0.3 is 19.7 Å². The number of aryl methyl sites for hydroxylation is 1. The number of nitrogens with zero attached hydrogens (tertiary/aromatic N) is 3. The van der Waals surface area contributed by atoms with E-state index in [-0.39, 0.29) is 24.0 Å². The third-order valence-corrected chi connectivity index (χ3v) is 3.79. The molecule has 0 atom stereocenters. The van der Waals surface area contributed by atoms with Gasteiger partial charge in [0.15, 0.2) is 0 Å². The predicted molar refractivity (Wildman–Crippen MR) is 106 cm³/mol. The summed E-state index contributed by atoms with van der Waals surface area (Å²) in [6.45, 7) is 15.2. The quantitative estimate of drug-likeness (QED) is 0.723. The van der Waals surface area contributed by atoms with Gasteiger partial charge in [-0.15, -0.1) is 6.58 Å². The monoisotopic (exact) mass is 362 g/mol. The Hall–Kier alpha value is -2.24. The van der Waals surface area contributed by atoms with Crippen LogP contribution in [0.25, 0.3) is 0 Å². The van der Waals surface area contributed by atoms with Crippen LogP contribution in [-0.2, 0) is 18.4 Å². The fourth-order valence-electron chi connectivity index (χ4n) is 2.59. The van der Waals surface area contributed by atoms with Crippen LogP contribution in [0.15, 0.2) is 31.0 Å². The van der Waals surface area contributed by atoms with Crippen molar-refractivity contribution in [2.24, 2.45) is 13.0 Å². The van der Waals surface area contributed by atoms with Crippen LogP contribution in [-0.4, -0.2) is 51.5 Å². The number of carbonyl (C=O) groups is 2. The van der Waals surface area contributed by atoms with E-state index in [4.69, 9.17) is 0 Å². The number of carbonyl (C=O) groups excluding carboxylic acids is 2. The third-order valence-electron chi connectivity index (χ3n) is 3.79. The molecule has 0 aliphatic carbocycles. The Morgan fingerprint density at radius 1 is 1.31 bits per heavy atom. The number of rotatable bonds is 8. The molecule has 0 aromatic carbocycles.